The molecule has 88 valence electrons. The first-order valence-corrected chi connectivity index (χ1v) is 5.21. The average molecular weight is 215 g/mol. The average Bonchev–Trinajstić information content (AvgIpc) is 2.23. The Kier molecular flexibility index (Phi) is 5.93. The number of carbonyl (C=O) groups excluding carboxylic acids is 2. The van der Waals surface area contributed by atoms with E-state index in [1.54, 1.807) is 14.0 Å². The summed E-state index contributed by atoms with van der Waals surface area (Å²) >= 11 is 0. The van der Waals surface area contributed by atoms with Crippen molar-refractivity contribution in [3.8, 4) is 0 Å². The molecule has 0 bridgehead atoms. The molecule has 0 aliphatic heterocycles. The lowest BCUT2D eigenvalue weighted by molar-refractivity contribution is -0.130. The van der Waals surface area contributed by atoms with Crippen molar-refractivity contribution in [2.45, 2.75) is 39.3 Å². The molecule has 15 heavy (non-hydrogen) atoms. The summed E-state index contributed by atoms with van der Waals surface area (Å²) in [4.78, 5) is 22.9. The number of nitrogens with two attached hydrogens (primary N) is 1. The zero-order chi connectivity index (χ0) is 12.0. The van der Waals surface area contributed by atoms with Crippen LogP contribution < -0.4 is 16.4 Å². The smallest absolute Gasteiger partial charge is 0.242 e. The van der Waals surface area contributed by atoms with E-state index in [9.17, 15) is 9.59 Å². The van der Waals surface area contributed by atoms with Gasteiger partial charge in [-0.3, -0.25) is 9.59 Å². The zero-order valence-corrected chi connectivity index (χ0v) is 9.83. The van der Waals surface area contributed by atoms with Gasteiger partial charge in [-0.05, 0) is 12.8 Å². The predicted molar refractivity (Wildman–Crippen MR) is 59.1 cm³/mol. The number of hydrogen-bond acceptors (Lipinski definition) is 3. The fourth-order valence-corrected chi connectivity index (χ4v) is 1.14. The molecule has 3 atom stereocenters. The van der Waals surface area contributed by atoms with Crippen molar-refractivity contribution in [3.05, 3.63) is 0 Å². The van der Waals surface area contributed by atoms with E-state index in [-0.39, 0.29) is 17.7 Å². The van der Waals surface area contributed by atoms with Crippen molar-refractivity contribution in [3.63, 3.8) is 0 Å². The van der Waals surface area contributed by atoms with Crippen molar-refractivity contribution in [2.24, 2.45) is 11.7 Å². The van der Waals surface area contributed by atoms with Crippen molar-refractivity contribution >= 4 is 11.8 Å². The number of amides is 2. The van der Waals surface area contributed by atoms with Crippen LogP contribution in [0.3, 0.4) is 0 Å². The molecule has 0 aromatic carbocycles. The molecule has 0 aliphatic carbocycles. The standard InChI is InChI=1S/C10H21N3O2/c1-5-6(2)8(10(15)12-4)13-9(14)7(3)11/h6-8H,5,11H2,1-4H3,(H,12,15)(H,13,14). The minimum atomic E-state index is -0.596. The molecule has 0 radical (unpaired) electrons. The van der Waals surface area contributed by atoms with E-state index < -0.39 is 12.1 Å². The lowest BCUT2D eigenvalue weighted by atomic mass is 9.98. The summed E-state index contributed by atoms with van der Waals surface area (Å²) in [5, 5.41) is 5.17. The Morgan fingerprint density at radius 1 is 1.27 bits per heavy atom. The van der Waals surface area contributed by atoms with Gasteiger partial charge in [0, 0.05) is 7.05 Å². The molecule has 3 unspecified atom stereocenters. The third kappa shape index (κ3) is 4.29. The topological polar surface area (TPSA) is 84.2 Å². The van der Waals surface area contributed by atoms with Gasteiger partial charge in [0.2, 0.25) is 11.8 Å². The highest BCUT2D eigenvalue weighted by atomic mass is 16.2. The first kappa shape index (κ1) is 13.9. The van der Waals surface area contributed by atoms with Crippen LogP contribution in [0, 0.1) is 5.92 Å². The Labute approximate surface area is 90.8 Å². The van der Waals surface area contributed by atoms with Crippen LogP contribution in [0.1, 0.15) is 27.2 Å². The Hall–Kier alpha value is -1.10. The van der Waals surface area contributed by atoms with Crippen molar-refractivity contribution in [1.82, 2.24) is 10.6 Å². The monoisotopic (exact) mass is 215 g/mol. The van der Waals surface area contributed by atoms with E-state index in [1.165, 1.54) is 0 Å². The predicted octanol–water partition coefficient (Wildman–Crippen LogP) is -0.389. The molecule has 2 amide bonds. The molecule has 0 saturated heterocycles. The van der Waals surface area contributed by atoms with E-state index in [0.29, 0.717) is 0 Å². The van der Waals surface area contributed by atoms with Crippen LogP contribution in [-0.2, 0) is 9.59 Å². The Morgan fingerprint density at radius 2 is 1.80 bits per heavy atom. The molecular formula is C10H21N3O2. The lowest BCUT2D eigenvalue weighted by Gasteiger charge is -2.23. The second kappa shape index (κ2) is 6.40. The van der Waals surface area contributed by atoms with Crippen molar-refractivity contribution < 1.29 is 9.59 Å². The van der Waals surface area contributed by atoms with E-state index >= 15 is 0 Å². The second-order valence-corrected chi connectivity index (χ2v) is 3.77. The fourth-order valence-electron chi connectivity index (χ4n) is 1.14. The van der Waals surface area contributed by atoms with E-state index in [0.717, 1.165) is 6.42 Å². The van der Waals surface area contributed by atoms with Gasteiger partial charge in [-0.25, -0.2) is 0 Å². The molecular weight excluding hydrogens is 194 g/mol. The van der Waals surface area contributed by atoms with Crippen LogP contribution in [0.4, 0.5) is 0 Å². The zero-order valence-electron chi connectivity index (χ0n) is 9.83. The molecule has 5 nitrogen and oxygen atoms in total. The summed E-state index contributed by atoms with van der Waals surface area (Å²) in [6, 6.07) is -1.10. The van der Waals surface area contributed by atoms with Gasteiger partial charge >= 0.3 is 0 Å². The maximum atomic E-state index is 11.5. The van der Waals surface area contributed by atoms with Crippen LogP contribution in [-0.4, -0.2) is 30.9 Å². The minimum Gasteiger partial charge on any atom is -0.357 e. The fraction of sp³-hybridized carbons (Fsp3) is 0.800. The summed E-state index contributed by atoms with van der Waals surface area (Å²) < 4.78 is 0. The van der Waals surface area contributed by atoms with Gasteiger partial charge in [-0.15, -0.1) is 0 Å². The molecule has 5 heteroatoms. The maximum absolute atomic E-state index is 11.5. The first-order valence-electron chi connectivity index (χ1n) is 5.21. The summed E-state index contributed by atoms with van der Waals surface area (Å²) in [6.07, 6.45) is 0.817. The number of hydrogen-bond donors (Lipinski definition) is 3. The summed E-state index contributed by atoms with van der Waals surface area (Å²) in [7, 11) is 1.55. The van der Waals surface area contributed by atoms with Gasteiger partial charge in [-0.1, -0.05) is 20.3 Å². The third-order valence-electron chi connectivity index (χ3n) is 2.45. The summed E-state index contributed by atoms with van der Waals surface area (Å²) in [5.41, 5.74) is 5.42. The molecule has 0 rings (SSSR count). The van der Waals surface area contributed by atoms with Crippen molar-refractivity contribution in [1.29, 1.82) is 0 Å². The Morgan fingerprint density at radius 3 is 2.13 bits per heavy atom. The van der Waals surface area contributed by atoms with Crippen molar-refractivity contribution in [2.75, 3.05) is 7.05 Å². The largest absolute Gasteiger partial charge is 0.357 e. The van der Waals surface area contributed by atoms with Crippen LogP contribution in [0.25, 0.3) is 0 Å². The normalized spacial score (nSPS) is 16.3. The molecule has 0 saturated carbocycles. The van der Waals surface area contributed by atoms with Gasteiger partial charge in [0.25, 0.3) is 0 Å². The molecule has 0 spiro atoms. The Bertz CT molecular complexity index is 229. The molecule has 4 N–H and O–H groups in total. The SMILES string of the molecule is CCC(C)C(NC(=O)C(C)N)C(=O)NC. The molecule has 0 heterocycles. The highest BCUT2D eigenvalue weighted by molar-refractivity contribution is 5.89. The second-order valence-electron chi connectivity index (χ2n) is 3.77. The molecule has 0 fully saturated rings. The van der Waals surface area contributed by atoms with Gasteiger partial charge in [0.1, 0.15) is 6.04 Å². The van der Waals surface area contributed by atoms with E-state index in [4.69, 9.17) is 5.73 Å². The number of nitrogens with one attached hydrogen (secondary N) is 2. The van der Waals surface area contributed by atoms with Gasteiger partial charge in [0.05, 0.1) is 6.04 Å². The number of likely N-dealkylation sites (N-methyl/N-ethyl adjacent to an activating group) is 1. The number of rotatable bonds is 5. The highest BCUT2D eigenvalue weighted by Crippen LogP contribution is 2.07. The first-order chi connectivity index (χ1) is 6.93. The minimum absolute atomic E-state index is 0.0904. The Balaban J connectivity index is 4.51. The van der Waals surface area contributed by atoms with Gasteiger partial charge in [0.15, 0.2) is 0 Å². The molecule has 0 aromatic heterocycles. The van der Waals surface area contributed by atoms with Crippen LogP contribution in [0.15, 0.2) is 0 Å². The molecule has 0 aromatic rings. The maximum Gasteiger partial charge on any atom is 0.242 e. The lowest BCUT2D eigenvalue weighted by Crippen LogP contribution is -2.53. The third-order valence-corrected chi connectivity index (χ3v) is 2.45. The van der Waals surface area contributed by atoms with Crippen LogP contribution in [0.5, 0.6) is 0 Å². The quantitative estimate of drug-likeness (QED) is 0.584. The van der Waals surface area contributed by atoms with E-state index in [2.05, 4.69) is 10.6 Å². The highest BCUT2D eigenvalue weighted by Gasteiger charge is 2.25. The van der Waals surface area contributed by atoms with Crippen LogP contribution >= 0.6 is 0 Å². The van der Waals surface area contributed by atoms with E-state index in [1.807, 2.05) is 13.8 Å². The van der Waals surface area contributed by atoms with Gasteiger partial charge < -0.3 is 16.4 Å². The number of carbonyl (C=O) groups is 2. The summed E-state index contributed by atoms with van der Waals surface area (Å²) in [5.74, 6) is -0.394. The van der Waals surface area contributed by atoms with Gasteiger partial charge in [-0.2, -0.15) is 0 Å². The van der Waals surface area contributed by atoms with Crippen LogP contribution in [0.2, 0.25) is 0 Å². The molecule has 0 aliphatic rings. The summed E-state index contributed by atoms with van der Waals surface area (Å²) in [6.45, 7) is 5.48.